The normalized spacial score (nSPS) is 41.2. The highest BCUT2D eigenvalue weighted by Gasteiger charge is 2.58. The third-order valence-electron chi connectivity index (χ3n) is 2.75. The van der Waals surface area contributed by atoms with Crippen molar-refractivity contribution in [2.24, 2.45) is 0 Å². The van der Waals surface area contributed by atoms with E-state index in [0.29, 0.717) is 6.10 Å². The summed E-state index contributed by atoms with van der Waals surface area (Å²) in [6.45, 7) is 2.03. The number of carbonyl (C=O) groups is 1. The van der Waals surface area contributed by atoms with Crippen LogP contribution in [0.15, 0.2) is 11.6 Å². The number of methoxy groups -OCH3 is 1. The zero-order chi connectivity index (χ0) is 8.77. The van der Waals surface area contributed by atoms with Crippen molar-refractivity contribution in [3.8, 4) is 0 Å². The van der Waals surface area contributed by atoms with Crippen molar-refractivity contribution in [2.75, 3.05) is 7.11 Å². The molecule has 0 aromatic rings. The zero-order valence-electron chi connectivity index (χ0n) is 7.29. The summed E-state index contributed by atoms with van der Waals surface area (Å²) in [7, 11) is 1.39. The predicted molar refractivity (Wildman–Crippen MR) is 42.6 cm³/mol. The highest BCUT2D eigenvalue weighted by molar-refractivity contribution is 5.83. The van der Waals surface area contributed by atoms with Crippen molar-refractivity contribution in [3.05, 3.63) is 11.6 Å². The summed E-state index contributed by atoms with van der Waals surface area (Å²) >= 11 is 0. The van der Waals surface area contributed by atoms with Crippen LogP contribution in [0, 0.1) is 0 Å². The molecule has 1 aliphatic carbocycles. The molecule has 2 aliphatic rings. The van der Waals surface area contributed by atoms with Gasteiger partial charge < -0.3 is 9.47 Å². The number of carbonyl (C=O) groups excluding carboxylic acids is 1. The van der Waals surface area contributed by atoms with Crippen LogP contribution in [-0.4, -0.2) is 24.8 Å². The van der Waals surface area contributed by atoms with Crippen LogP contribution in [0.25, 0.3) is 0 Å². The lowest BCUT2D eigenvalue weighted by molar-refractivity contribution is -0.134. The average molecular weight is 168 g/mol. The lowest BCUT2D eigenvalue weighted by Crippen LogP contribution is -2.08. The molecule has 66 valence electrons. The van der Waals surface area contributed by atoms with E-state index in [0.717, 1.165) is 18.4 Å². The van der Waals surface area contributed by atoms with Crippen LogP contribution in [0.4, 0.5) is 0 Å². The van der Waals surface area contributed by atoms with Crippen molar-refractivity contribution in [1.82, 2.24) is 0 Å². The fourth-order valence-electron chi connectivity index (χ4n) is 1.83. The first-order chi connectivity index (χ1) is 5.66. The standard InChI is InChI=1S/C9H12O3/c1-9-6(5-8(10)11-2)3-4-7(9)12-9/h5,7H,3-4H2,1-2H3. The van der Waals surface area contributed by atoms with Crippen LogP contribution in [0.3, 0.4) is 0 Å². The van der Waals surface area contributed by atoms with Crippen molar-refractivity contribution < 1.29 is 14.3 Å². The minimum absolute atomic E-state index is 0.131. The molecule has 0 amide bonds. The second-order valence-electron chi connectivity index (χ2n) is 3.44. The maximum atomic E-state index is 10.9. The zero-order valence-corrected chi connectivity index (χ0v) is 7.29. The molecule has 0 aromatic heterocycles. The predicted octanol–water partition coefficient (Wildman–Crippen LogP) is 1.04. The molecule has 0 aromatic carbocycles. The van der Waals surface area contributed by atoms with Gasteiger partial charge in [0.15, 0.2) is 0 Å². The van der Waals surface area contributed by atoms with E-state index in [1.807, 2.05) is 6.92 Å². The van der Waals surface area contributed by atoms with Gasteiger partial charge in [0, 0.05) is 6.08 Å². The molecule has 1 saturated heterocycles. The average Bonchev–Trinajstić information content (AvgIpc) is 2.63. The summed E-state index contributed by atoms with van der Waals surface area (Å²) in [6, 6.07) is 0. The molecule has 3 heteroatoms. The molecule has 1 aliphatic heterocycles. The van der Waals surface area contributed by atoms with Crippen LogP contribution < -0.4 is 0 Å². The van der Waals surface area contributed by atoms with Gasteiger partial charge in [-0.3, -0.25) is 0 Å². The molecule has 12 heavy (non-hydrogen) atoms. The fraction of sp³-hybridized carbons (Fsp3) is 0.667. The molecule has 2 fully saturated rings. The first-order valence-corrected chi connectivity index (χ1v) is 4.13. The molecule has 0 spiro atoms. The Labute approximate surface area is 71.3 Å². The second kappa shape index (κ2) is 2.33. The number of epoxide rings is 1. The largest absolute Gasteiger partial charge is 0.466 e. The van der Waals surface area contributed by atoms with Gasteiger partial charge in [-0.15, -0.1) is 0 Å². The molecular weight excluding hydrogens is 156 g/mol. The van der Waals surface area contributed by atoms with Crippen molar-refractivity contribution in [1.29, 1.82) is 0 Å². The smallest absolute Gasteiger partial charge is 0.330 e. The highest BCUT2D eigenvalue weighted by atomic mass is 16.6. The lowest BCUT2D eigenvalue weighted by atomic mass is 10.0. The highest BCUT2D eigenvalue weighted by Crippen LogP contribution is 2.52. The SMILES string of the molecule is COC(=O)C=C1CCC2OC12C. The molecule has 1 heterocycles. The molecule has 3 nitrogen and oxygen atoms in total. The number of esters is 1. The molecule has 1 saturated carbocycles. The minimum Gasteiger partial charge on any atom is -0.466 e. The summed E-state index contributed by atoms with van der Waals surface area (Å²) < 4.78 is 9.98. The van der Waals surface area contributed by atoms with Crippen molar-refractivity contribution in [2.45, 2.75) is 31.5 Å². The van der Waals surface area contributed by atoms with Gasteiger partial charge in [0.25, 0.3) is 0 Å². The van der Waals surface area contributed by atoms with Gasteiger partial charge in [0.05, 0.1) is 13.2 Å². The molecule has 2 unspecified atom stereocenters. The summed E-state index contributed by atoms with van der Waals surface area (Å²) in [5.41, 5.74) is 0.952. The first-order valence-electron chi connectivity index (χ1n) is 4.13. The molecule has 0 bridgehead atoms. The quantitative estimate of drug-likeness (QED) is 0.333. The van der Waals surface area contributed by atoms with E-state index in [4.69, 9.17) is 4.74 Å². The molecular formula is C9H12O3. The molecule has 0 radical (unpaired) electrons. The Kier molecular flexibility index (Phi) is 1.51. The fourth-order valence-corrected chi connectivity index (χ4v) is 1.83. The van der Waals surface area contributed by atoms with Crippen LogP contribution in [0.1, 0.15) is 19.8 Å². The Morgan fingerprint density at radius 1 is 1.83 bits per heavy atom. The maximum absolute atomic E-state index is 10.9. The second-order valence-corrected chi connectivity index (χ2v) is 3.44. The first kappa shape index (κ1) is 7.80. The van der Waals surface area contributed by atoms with E-state index < -0.39 is 0 Å². The van der Waals surface area contributed by atoms with E-state index in [9.17, 15) is 4.79 Å². The Morgan fingerprint density at radius 2 is 2.58 bits per heavy atom. The Morgan fingerprint density at radius 3 is 3.00 bits per heavy atom. The number of rotatable bonds is 1. The number of hydrogen-bond acceptors (Lipinski definition) is 3. The van der Waals surface area contributed by atoms with Gasteiger partial charge in [-0.1, -0.05) is 0 Å². The van der Waals surface area contributed by atoms with Gasteiger partial charge in [-0.2, -0.15) is 0 Å². The lowest BCUT2D eigenvalue weighted by Gasteiger charge is -2.04. The summed E-state index contributed by atoms with van der Waals surface area (Å²) in [6.07, 6.45) is 3.93. The third kappa shape index (κ3) is 0.966. The summed E-state index contributed by atoms with van der Waals surface area (Å²) in [5, 5.41) is 0. The van der Waals surface area contributed by atoms with Crippen molar-refractivity contribution >= 4 is 5.97 Å². The minimum atomic E-state index is -0.276. The van der Waals surface area contributed by atoms with E-state index in [-0.39, 0.29) is 11.6 Å². The van der Waals surface area contributed by atoms with Crippen LogP contribution in [0.5, 0.6) is 0 Å². The van der Waals surface area contributed by atoms with Gasteiger partial charge in [-0.05, 0) is 25.3 Å². The van der Waals surface area contributed by atoms with Crippen molar-refractivity contribution in [3.63, 3.8) is 0 Å². The monoisotopic (exact) mass is 168 g/mol. The summed E-state index contributed by atoms with van der Waals surface area (Å²) in [4.78, 5) is 10.9. The topological polar surface area (TPSA) is 38.8 Å². The van der Waals surface area contributed by atoms with E-state index in [1.165, 1.54) is 7.11 Å². The third-order valence-corrected chi connectivity index (χ3v) is 2.75. The van der Waals surface area contributed by atoms with Gasteiger partial charge in [0.2, 0.25) is 0 Å². The van der Waals surface area contributed by atoms with E-state index in [2.05, 4.69) is 4.74 Å². The van der Waals surface area contributed by atoms with Crippen LogP contribution in [-0.2, 0) is 14.3 Å². The summed E-state index contributed by atoms with van der Waals surface area (Å²) in [5.74, 6) is -0.276. The van der Waals surface area contributed by atoms with Gasteiger partial charge in [0.1, 0.15) is 5.60 Å². The molecule has 2 rings (SSSR count). The van der Waals surface area contributed by atoms with Gasteiger partial charge >= 0.3 is 5.97 Å². The van der Waals surface area contributed by atoms with E-state index >= 15 is 0 Å². The maximum Gasteiger partial charge on any atom is 0.330 e. The number of ether oxygens (including phenoxy) is 2. The number of hydrogen-bond donors (Lipinski definition) is 0. The molecule has 0 N–H and O–H groups in total. The number of fused-ring (bicyclic) bond motifs is 1. The van der Waals surface area contributed by atoms with Crippen LogP contribution in [0.2, 0.25) is 0 Å². The van der Waals surface area contributed by atoms with Crippen LogP contribution >= 0.6 is 0 Å². The van der Waals surface area contributed by atoms with Gasteiger partial charge in [-0.25, -0.2) is 4.79 Å². The van der Waals surface area contributed by atoms with E-state index in [1.54, 1.807) is 6.08 Å². The molecule has 2 atom stereocenters. The Hall–Kier alpha value is -0.830. The Balaban J connectivity index is 2.14. The Bertz CT molecular complexity index is 254.